The summed E-state index contributed by atoms with van der Waals surface area (Å²) in [6.45, 7) is 3.94. The maximum absolute atomic E-state index is 12.8. The molecule has 2 atom stereocenters. The summed E-state index contributed by atoms with van der Waals surface area (Å²) in [6, 6.07) is 5.74. The number of likely N-dealkylation sites (tertiary alicyclic amines) is 1. The van der Waals surface area contributed by atoms with Crippen molar-refractivity contribution in [3.05, 3.63) is 35.5 Å². The molecule has 0 unspecified atom stereocenters. The Morgan fingerprint density at radius 1 is 1.17 bits per heavy atom. The summed E-state index contributed by atoms with van der Waals surface area (Å²) in [5.41, 5.74) is 0.827. The van der Waals surface area contributed by atoms with Gasteiger partial charge >= 0.3 is 0 Å². The monoisotopic (exact) mass is 328 g/mol. The van der Waals surface area contributed by atoms with Crippen LogP contribution in [0.4, 0.5) is 0 Å². The van der Waals surface area contributed by atoms with Crippen molar-refractivity contribution in [1.82, 2.24) is 20.2 Å². The van der Waals surface area contributed by atoms with E-state index in [9.17, 15) is 4.79 Å². The van der Waals surface area contributed by atoms with Gasteiger partial charge in [-0.05, 0) is 49.9 Å². The van der Waals surface area contributed by atoms with Gasteiger partial charge in [-0.15, -0.1) is 11.3 Å². The molecule has 2 aliphatic rings. The molecule has 2 fully saturated rings. The van der Waals surface area contributed by atoms with Gasteiger partial charge in [-0.1, -0.05) is 6.07 Å². The number of hydrogen-bond acceptors (Lipinski definition) is 5. The number of pyridine rings is 1. The van der Waals surface area contributed by atoms with Crippen LogP contribution in [0.2, 0.25) is 0 Å². The Morgan fingerprint density at radius 3 is 2.65 bits per heavy atom. The molecule has 4 heterocycles. The number of aromatic nitrogens is 2. The predicted octanol–water partition coefficient (Wildman–Crippen LogP) is 2.28. The Kier molecular flexibility index (Phi) is 4.10. The number of fused-ring (bicyclic) bond motifs is 1. The predicted molar refractivity (Wildman–Crippen MR) is 90.3 cm³/mol. The molecule has 0 radical (unpaired) electrons. The highest BCUT2D eigenvalue weighted by molar-refractivity contribution is 7.16. The van der Waals surface area contributed by atoms with E-state index < -0.39 is 0 Å². The maximum Gasteiger partial charge on any atom is 0.265 e. The number of rotatable bonds is 2. The van der Waals surface area contributed by atoms with Gasteiger partial charge in [0.15, 0.2) is 0 Å². The molecule has 23 heavy (non-hydrogen) atoms. The number of thiazole rings is 1. The molecular weight excluding hydrogens is 308 g/mol. The lowest BCUT2D eigenvalue weighted by Gasteiger charge is -2.19. The molecule has 4 rings (SSSR count). The molecule has 6 heteroatoms. The number of carbonyl (C=O) groups is 1. The van der Waals surface area contributed by atoms with Gasteiger partial charge in [0.2, 0.25) is 0 Å². The molecule has 0 aromatic carbocycles. The van der Waals surface area contributed by atoms with Crippen molar-refractivity contribution in [1.29, 1.82) is 0 Å². The highest BCUT2D eigenvalue weighted by Crippen LogP contribution is 2.29. The molecular formula is C17H20N4OS. The molecule has 2 aromatic heterocycles. The van der Waals surface area contributed by atoms with E-state index in [1.54, 1.807) is 12.4 Å². The number of hydrogen-bond donors (Lipinski definition) is 1. The molecule has 1 N–H and O–H groups in total. The largest absolute Gasteiger partial charge is 0.338 e. The average Bonchev–Trinajstić information content (AvgIpc) is 3.21. The third-order valence-corrected chi connectivity index (χ3v) is 5.91. The summed E-state index contributed by atoms with van der Waals surface area (Å²) in [4.78, 5) is 24.2. The molecule has 2 aromatic rings. The smallest absolute Gasteiger partial charge is 0.265 e. The van der Waals surface area contributed by atoms with Crippen LogP contribution in [-0.2, 0) is 0 Å². The number of carbonyl (C=O) groups excluding carboxylic acids is 1. The van der Waals surface area contributed by atoms with Gasteiger partial charge in [0.25, 0.3) is 5.91 Å². The Bertz CT molecular complexity index is 673. The SMILES string of the molecule is O=C(c1cnc(-c2ccccn2)s1)N1CC[C@@H]2CNC[C@@H]2CC1. The summed E-state index contributed by atoms with van der Waals surface area (Å²) < 4.78 is 0. The number of nitrogens with zero attached hydrogens (tertiary/aromatic N) is 3. The van der Waals surface area contributed by atoms with Crippen molar-refractivity contribution < 1.29 is 4.79 Å². The first-order chi connectivity index (χ1) is 11.3. The highest BCUT2D eigenvalue weighted by Gasteiger charge is 2.32. The fraction of sp³-hybridized carbons (Fsp3) is 0.471. The van der Waals surface area contributed by atoms with E-state index in [0.717, 1.165) is 66.4 Å². The fourth-order valence-corrected chi connectivity index (χ4v) is 4.42. The van der Waals surface area contributed by atoms with E-state index >= 15 is 0 Å². The lowest BCUT2D eigenvalue weighted by molar-refractivity contribution is 0.0763. The van der Waals surface area contributed by atoms with Gasteiger partial charge in [0, 0.05) is 19.3 Å². The van der Waals surface area contributed by atoms with Gasteiger partial charge in [-0.3, -0.25) is 9.78 Å². The summed E-state index contributed by atoms with van der Waals surface area (Å²) in [6.07, 6.45) is 5.66. The second-order valence-corrected chi connectivity index (χ2v) is 7.32. The third-order valence-electron chi connectivity index (χ3n) is 4.91. The minimum absolute atomic E-state index is 0.123. The van der Waals surface area contributed by atoms with Crippen LogP contribution in [0.3, 0.4) is 0 Å². The van der Waals surface area contributed by atoms with Crippen LogP contribution in [0.1, 0.15) is 22.5 Å². The molecule has 0 bridgehead atoms. The van der Waals surface area contributed by atoms with Crippen LogP contribution in [0, 0.1) is 11.8 Å². The summed E-state index contributed by atoms with van der Waals surface area (Å²) in [5.74, 6) is 1.59. The van der Waals surface area contributed by atoms with Crippen molar-refractivity contribution in [2.24, 2.45) is 11.8 Å². The molecule has 1 amide bonds. The fourth-order valence-electron chi connectivity index (χ4n) is 3.56. The summed E-state index contributed by atoms with van der Waals surface area (Å²) >= 11 is 1.44. The molecule has 0 aliphatic carbocycles. The zero-order valence-corrected chi connectivity index (χ0v) is 13.8. The lowest BCUT2D eigenvalue weighted by Crippen LogP contribution is -2.32. The van der Waals surface area contributed by atoms with Crippen molar-refractivity contribution in [3.63, 3.8) is 0 Å². The maximum atomic E-state index is 12.8. The van der Waals surface area contributed by atoms with E-state index in [0.29, 0.717) is 0 Å². The van der Waals surface area contributed by atoms with Gasteiger partial charge in [0.05, 0.1) is 11.9 Å². The molecule has 0 saturated carbocycles. The van der Waals surface area contributed by atoms with E-state index in [-0.39, 0.29) is 5.91 Å². The Balaban J connectivity index is 1.48. The number of nitrogens with one attached hydrogen (secondary N) is 1. The number of amides is 1. The standard InChI is InChI=1S/C17H20N4OS/c22-17(21-7-4-12-9-18-10-13(12)5-8-21)15-11-20-16(23-15)14-3-1-2-6-19-14/h1-3,6,11-13,18H,4-5,7-10H2/t12-,13+. The van der Waals surface area contributed by atoms with Crippen molar-refractivity contribution in [2.45, 2.75) is 12.8 Å². The third kappa shape index (κ3) is 3.01. The molecule has 0 spiro atoms. The van der Waals surface area contributed by atoms with Gasteiger partial charge in [-0.2, -0.15) is 0 Å². The molecule has 2 aliphatic heterocycles. The van der Waals surface area contributed by atoms with Crippen LogP contribution in [0.5, 0.6) is 0 Å². The van der Waals surface area contributed by atoms with E-state index in [4.69, 9.17) is 0 Å². The second kappa shape index (κ2) is 6.37. The van der Waals surface area contributed by atoms with Crippen molar-refractivity contribution in [3.8, 4) is 10.7 Å². The summed E-state index contributed by atoms with van der Waals surface area (Å²) in [5, 5.41) is 4.28. The Morgan fingerprint density at radius 2 is 1.96 bits per heavy atom. The molecule has 5 nitrogen and oxygen atoms in total. The minimum atomic E-state index is 0.123. The van der Waals surface area contributed by atoms with Crippen molar-refractivity contribution >= 4 is 17.2 Å². The Labute approximate surface area is 139 Å². The zero-order valence-electron chi connectivity index (χ0n) is 12.9. The molecule has 2 saturated heterocycles. The summed E-state index contributed by atoms with van der Waals surface area (Å²) in [7, 11) is 0. The lowest BCUT2D eigenvalue weighted by atomic mass is 9.92. The van der Waals surface area contributed by atoms with Gasteiger partial charge in [0.1, 0.15) is 9.88 Å². The van der Waals surface area contributed by atoms with Crippen molar-refractivity contribution in [2.75, 3.05) is 26.2 Å². The second-order valence-electron chi connectivity index (χ2n) is 6.29. The topological polar surface area (TPSA) is 58.1 Å². The van der Waals surface area contributed by atoms with Gasteiger partial charge in [-0.25, -0.2) is 4.98 Å². The quantitative estimate of drug-likeness (QED) is 0.919. The zero-order chi connectivity index (χ0) is 15.6. The van der Waals surface area contributed by atoms with Crippen LogP contribution in [0.15, 0.2) is 30.6 Å². The van der Waals surface area contributed by atoms with Gasteiger partial charge < -0.3 is 10.2 Å². The highest BCUT2D eigenvalue weighted by atomic mass is 32.1. The first-order valence-corrected chi connectivity index (χ1v) is 9.00. The Hall–Kier alpha value is -1.79. The first-order valence-electron chi connectivity index (χ1n) is 8.18. The van der Waals surface area contributed by atoms with E-state index in [1.165, 1.54) is 11.3 Å². The molecule has 120 valence electrons. The van der Waals surface area contributed by atoms with Crippen LogP contribution in [-0.4, -0.2) is 47.0 Å². The minimum Gasteiger partial charge on any atom is -0.338 e. The van der Waals surface area contributed by atoms with Crippen LogP contribution < -0.4 is 5.32 Å². The van der Waals surface area contributed by atoms with Crippen LogP contribution in [0.25, 0.3) is 10.7 Å². The normalized spacial score (nSPS) is 24.3. The average molecular weight is 328 g/mol. The van der Waals surface area contributed by atoms with E-state index in [2.05, 4.69) is 15.3 Å². The van der Waals surface area contributed by atoms with Crippen LogP contribution >= 0.6 is 11.3 Å². The first kappa shape index (κ1) is 14.8. The van der Waals surface area contributed by atoms with E-state index in [1.807, 2.05) is 23.1 Å².